The Morgan fingerprint density at radius 1 is 1.33 bits per heavy atom. The summed E-state index contributed by atoms with van der Waals surface area (Å²) in [4.78, 5) is 0. The number of rotatable bonds is 5. The van der Waals surface area contributed by atoms with Crippen LogP contribution in [0.1, 0.15) is 37.3 Å². The Hall–Kier alpha value is -1.02. The zero-order chi connectivity index (χ0) is 11.3. The third-order valence-corrected chi connectivity index (χ3v) is 2.58. The van der Waals surface area contributed by atoms with Crippen molar-refractivity contribution in [3.05, 3.63) is 29.3 Å². The molecule has 0 saturated heterocycles. The van der Waals surface area contributed by atoms with Gasteiger partial charge in [-0.15, -0.1) is 0 Å². The zero-order valence-corrected chi connectivity index (χ0v) is 9.88. The van der Waals surface area contributed by atoms with Gasteiger partial charge in [-0.2, -0.15) is 0 Å². The normalized spacial score (nSPS) is 10.7. The third kappa shape index (κ3) is 3.56. The van der Waals surface area contributed by atoms with Crippen LogP contribution in [-0.4, -0.2) is 18.3 Å². The van der Waals surface area contributed by atoms with Crippen LogP contribution in [0.25, 0.3) is 0 Å². The van der Waals surface area contributed by atoms with E-state index in [2.05, 4.69) is 44.3 Å². The van der Waals surface area contributed by atoms with Crippen LogP contribution in [0.15, 0.2) is 18.2 Å². The number of hydrogen-bond donors (Lipinski definition) is 2. The Morgan fingerprint density at radius 3 is 2.67 bits per heavy atom. The second-order valence-corrected chi connectivity index (χ2v) is 4.23. The largest absolute Gasteiger partial charge is 0.396 e. The van der Waals surface area contributed by atoms with Crippen LogP contribution < -0.4 is 5.32 Å². The molecule has 15 heavy (non-hydrogen) atoms. The molecule has 2 N–H and O–H groups in total. The predicted molar refractivity (Wildman–Crippen MR) is 65.5 cm³/mol. The van der Waals surface area contributed by atoms with E-state index in [1.165, 1.54) is 16.8 Å². The number of anilines is 1. The Balaban J connectivity index is 2.72. The van der Waals surface area contributed by atoms with Crippen molar-refractivity contribution in [1.29, 1.82) is 0 Å². The monoisotopic (exact) mass is 207 g/mol. The van der Waals surface area contributed by atoms with Crippen molar-refractivity contribution in [2.75, 3.05) is 18.5 Å². The van der Waals surface area contributed by atoms with E-state index in [9.17, 15) is 0 Å². The van der Waals surface area contributed by atoms with Crippen molar-refractivity contribution in [2.24, 2.45) is 0 Å². The molecule has 0 spiro atoms. The molecule has 1 rings (SSSR count). The summed E-state index contributed by atoms with van der Waals surface area (Å²) < 4.78 is 0. The smallest absolute Gasteiger partial charge is 0.0447 e. The lowest BCUT2D eigenvalue weighted by atomic mass is 10.0. The molecule has 0 saturated carbocycles. The molecule has 0 aromatic heterocycles. The fourth-order valence-electron chi connectivity index (χ4n) is 1.49. The molecule has 0 radical (unpaired) electrons. The molecule has 2 nitrogen and oxygen atoms in total. The quantitative estimate of drug-likeness (QED) is 0.728. The van der Waals surface area contributed by atoms with E-state index in [1.54, 1.807) is 0 Å². The molecule has 0 atom stereocenters. The van der Waals surface area contributed by atoms with E-state index in [-0.39, 0.29) is 6.61 Å². The van der Waals surface area contributed by atoms with Gasteiger partial charge in [-0.1, -0.05) is 26.0 Å². The lowest BCUT2D eigenvalue weighted by Crippen LogP contribution is -2.05. The summed E-state index contributed by atoms with van der Waals surface area (Å²) in [5.41, 5.74) is 3.80. The lowest BCUT2D eigenvalue weighted by molar-refractivity contribution is 0.292. The standard InChI is InChI=1S/C13H21NO/c1-10(2)12-6-5-11(3)13(9-12)14-7-4-8-15/h5-6,9-10,14-15H,4,7-8H2,1-3H3. The number of nitrogens with one attached hydrogen (secondary N) is 1. The molecule has 0 unspecified atom stereocenters. The van der Waals surface area contributed by atoms with Gasteiger partial charge >= 0.3 is 0 Å². The summed E-state index contributed by atoms with van der Waals surface area (Å²) >= 11 is 0. The number of benzene rings is 1. The van der Waals surface area contributed by atoms with Crippen molar-refractivity contribution < 1.29 is 5.11 Å². The van der Waals surface area contributed by atoms with Gasteiger partial charge in [-0.25, -0.2) is 0 Å². The van der Waals surface area contributed by atoms with Crippen molar-refractivity contribution >= 4 is 5.69 Å². The van der Waals surface area contributed by atoms with Crippen LogP contribution in [-0.2, 0) is 0 Å². The van der Waals surface area contributed by atoms with E-state index in [4.69, 9.17) is 5.11 Å². The first-order valence-electron chi connectivity index (χ1n) is 5.60. The first kappa shape index (κ1) is 12.1. The summed E-state index contributed by atoms with van der Waals surface area (Å²) in [6.45, 7) is 7.57. The van der Waals surface area contributed by atoms with Gasteiger partial charge in [0, 0.05) is 18.8 Å². The van der Waals surface area contributed by atoms with Crippen LogP contribution in [0.3, 0.4) is 0 Å². The highest BCUT2D eigenvalue weighted by Gasteiger charge is 2.02. The van der Waals surface area contributed by atoms with Crippen LogP contribution in [0.5, 0.6) is 0 Å². The minimum absolute atomic E-state index is 0.246. The molecule has 0 aliphatic rings. The molecular formula is C13H21NO. The first-order chi connectivity index (χ1) is 7.15. The minimum Gasteiger partial charge on any atom is -0.396 e. The van der Waals surface area contributed by atoms with Crippen LogP contribution in [0.2, 0.25) is 0 Å². The lowest BCUT2D eigenvalue weighted by Gasteiger charge is -2.12. The Bertz CT molecular complexity index is 307. The number of aliphatic hydroxyl groups excluding tert-OH is 1. The molecule has 0 aliphatic heterocycles. The third-order valence-electron chi connectivity index (χ3n) is 2.58. The highest BCUT2D eigenvalue weighted by molar-refractivity contribution is 5.53. The topological polar surface area (TPSA) is 32.3 Å². The zero-order valence-electron chi connectivity index (χ0n) is 9.88. The van der Waals surface area contributed by atoms with Gasteiger partial charge in [-0.3, -0.25) is 0 Å². The molecule has 1 aromatic carbocycles. The minimum atomic E-state index is 0.246. The number of aryl methyl sites for hydroxylation is 1. The van der Waals surface area contributed by atoms with E-state index in [1.807, 2.05) is 0 Å². The molecule has 0 amide bonds. The second kappa shape index (κ2) is 5.76. The molecule has 0 fully saturated rings. The van der Waals surface area contributed by atoms with E-state index in [0.717, 1.165) is 13.0 Å². The summed E-state index contributed by atoms with van der Waals surface area (Å²) in [5, 5.41) is 12.1. The molecule has 84 valence electrons. The summed E-state index contributed by atoms with van der Waals surface area (Å²) in [6.07, 6.45) is 0.797. The summed E-state index contributed by atoms with van der Waals surface area (Å²) in [7, 11) is 0. The SMILES string of the molecule is Cc1ccc(C(C)C)cc1NCCCO. The van der Waals surface area contributed by atoms with Crippen LogP contribution in [0, 0.1) is 6.92 Å². The van der Waals surface area contributed by atoms with E-state index < -0.39 is 0 Å². The van der Waals surface area contributed by atoms with Gasteiger partial charge in [0.05, 0.1) is 0 Å². The molecule has 0 aliphatic carbocycles. The molecule has 2 heteroatoms. The maximum absolute atomic E-state index is 8.72. The van der Waals surface area contributed by atoms with Gasteiger partial charge in [0.15, 0.2) is 0 Å². The molecule has 0 heterocycles. The maximum atomic E-state index is 8.72. The molecule has 1 aromatic rings. The van der Waals surface area contributed by atoms with Crippen molar-refractivity contribution in [3.63, 3.8) is 0 Å². The van der Waals surface area contributed by atoms with Gasteiger partial charge < -0.3 is 10.4 Å². The molecule has 0 bridgehead atoms. The predicted octanol–water partition coefficient (Wildman–Crippen LogP) is 2.91. The van der Waals surface area contributed by atoms with Gasteiger partial charge in [0.25, 0.3) is 0 Å². The summed E-state index contributed by atoms with van der Waals surface area (Å²) in [6, 6.07) is 6.53. The number of hydrogen-bond acceptors (Lipinski definition) is 2. The van der Waals surface area contributed by atoms with E-state index in [0.29, 0.717) is 5.92 Å². The first-order valence-corrected chi connectivity index (χ1v) is 5.60. The summed E-state index contributed by atoms with van der Waals surface area (Å²) in [5.74, 6) is 0.559. The Kier molecular flexibility index (Phi) is 4.63. The fourth-order valence-corrected chi connectivity index (χ4v) is 1.49. The van der Waals surface area contributed by atoms with Crippen molar-refractivity contribution in [3.8, 4) is 0 Å². The Labute approximate surface area is 92.3 Å². The van der Waals surface area contributed by atoms with Gasteiger partial charge in [0.1, 0.15) is 0 Å². The van der Waals surface area contributed by atoms with Crippen molar-refractivity contribution in [2.45, 2.75) is 33.1 Å². The van der Waals surface area contributed by atoms with Gasteiger partial charge in [0.2, 0.25) is 0 Å². The van der Waals surface area contributed by atoms with Crippen molar-refractivity contribution in [1.82, 2.24) is 0 Å². The van der Waals surface area contributed by atoms with Gasteiger partial charge in [-0.05, 0) is 36.5 Å². The highest BCUT2D eigenvalue weighted by Crippen LogP contribution is 2.22. The van der Waals surface area contributed by atoms with E-state index >= 15 is 0 Å². The number of aliphatic hydroxyl groups is 1. The Morgan fingerprint density at radius 2 is 2.07 bits per heavy atom. The van der Waals surface area contributed by atoms with Crippen LogP contribution in [0.4, 0.5) is 5.69 Å². The van der Waals surface area contributed by atoms with Crippen LogP contribution >= 0.6 is 0 Å². The second-order valence-electron chi connectivity index (χ2n) is 4.23. The average Bonchev–Trinajstić information content (AvgIpc) is 2.20. The average molecular weight is 207 g/mol. The highest BCUT2D eigenvalue weighted by atomic mass is 16.3. The fraction of sp³-hybridized carbons (Fsp3) is 0.538. The maximum Gasteiger partial charge on any atom is 0.0447 e. The molecular weight excluding hydrogens is 186 g/mol.